The Labute approximate surface area is 120 Å². The van der Waals surface area contributed by atoms with Crippen molar-refractivity contribution in [1.82, 2.24) is 0 Å². The van der Waals surface area contributed by atoms with Crippen LogP contribution in [0.3, 0.4) is 0 Å². The van der Waals surface area contributed by atoms with Crippen molar-refractivity contribution >= 4 is 34.9 Å². The van der Waals surface area contributed by atoms with Gasteiger partial charge < -0.3 is 10.4 Å². The van der Waals surface area contributed by atoms with Crippen molar-refractivity contribution in [2.24, 2.45) is 0 Å². The molecule has 0 aliphatic heterocycles. The summed E-state index contributed by atoms with van der Waals surface area (Å²) in [7, 11) is 0. The van der Waals surface area contributed by atoms with Gasteiger partial charge in [0.25, 0.3) is 0 Å². The normalized spacial score (nSPS) is 10.2. The minimum Gasteiger partial charge on any atom is -0.478 e. The van der Waals surface area contributed by atoms with E-state index in [0.717, 1.165) is 5.56 Å². The van der Waals surface area contributed by atoms with Crippen molar-refractivity contribution in [3.05, 3.63) is 63.6 Å². The van der Waals surface area contributed by atoms with Gasteiger partial charge in [0.15, 0.2) is 0 Å². The van der Waals surface area contributed by atoms with Crippen LogP contribution < -0.4 is 5.32 Å². The average molecular weight is 296 g/mol. The topological polar surface area (TPSA) is 49.3 Å². The maximum atomic E-state index is 10.9. The van der Waals surface area contributed by atoms with Crippen molar-refractivity contribution in [2.45, 2.75) is 6.54 Å². The number of hydrogen-bond donors (Lipinski definition) is 2. The Balaban J connectivity index is 2.12. The number of nitrogens with one attached hydrogen (secondary N) is 1. The molecule has 0 bridgehead atoms. The van der Waals surface area contributed by atoms with E-state index in [-0.39, 0.29) is 5.56 Å². The number of rotatable bonds is 4. The molecule has 0 aliphatic rings. The highest BCUT2D eigenvalue weighted by molar-refractivity contribution is 6.33. The van der Waals surface area contributed by atoms with Gasteiger partial charge in [-0.2, -0.15) is 0 Å². The average Bonchev–Trinajstić information content (AvgIpc) is 2.39. The second-order valence-corrected chi connectivity index (χ2v) is 4.82. The molecule has 5 heteroatoms. The molecule has 0 aromatic heterocycles. The quantitative estimate of drug-likeness (QED) is 0.884. The van der Waals surface area contributed by atoms with Gasteiger partial charge >= 0.3 is 5.97 Å². The van der Waals surface area contributed by atoms with Gasteiger partial charge in [-0.15, -0.1) is 0 Å². The lowest BCUT2D eigenvalue weighted by molar-refractivity contribution is 0.0697. The van der Waals surface area contributed by atoms with Crippen LogP contribution in [0.2, 0.25) is 10.0 Å². The van der Waals surface area contributed by atoms with Crippen molar-refractivity contribution < 1.29 is 9.90 Å². The lowest BCUT2D eigenvalue weighted by atomic mass is 10.2. The first-order valence-corrected chi connectivity index (χ1v) is 6.33. The number of carbonyl (C=O) groups is 1. The maximum absolute atomic E-state index is 10.9. The summed E-state index contributed by atoms with van der Waals surface area (Å²) in [5.74, 6) is -0.980. The van der Waals surface area contributed by atoms with Gasteiger partial charge in [0, 0.05) is 11.6 Å². The van der Waals surface area contributed by atoms with Gasteiger partial charge in [0.05, 0.1) is 16.3 Å². The van der Waals surface area contributed by atoms with Crippen molar-refractivity contribution in [3.63, 3.8) is 0 Å². The Bertz CT molecular complexity index is 597. The molecule has 0 aliphatic carbocycles. The summed E-state index contributed by atoms with van der Waals surface area (Å²) in [6.45, 7) is 0.542. The largest absolute Gasteiger partial charge is 0.478 e. The van der Waals surface area contributed by atoms with E-state index in [4.69, 9.17) is 28.3 Å². The van der Waals surface area contributed by atoms with E-state index >= 15 is 0 Å². The molecule has 0 fully saturated rings. The first kappa shape index (κ1) is 13.7. The van der Waals surface area contributed by atoms with Crippen LogP contribution in [0, 0.1) is 0 Å². The van der Waals surface area contributed by atoms with E-state index in [1.807, 2.05) is 12.1 Å². The molecule has 0 radical (unpaired) electrons. The number of carboxylic acids is 1. The smallest absolute Gasteiger partial charge is 0.335 e. The minimum atomic E-state index is -0.980. The molecule has 2 rings (SSSR count). The third kappa shape index (κ3) is 3.63. The van der Waals surface area contributed by atoms with Crippen LogP contribution in [0.15, 0.2) is 42.5 Å². The molecule has 98 valence electrons. The van der Waals surface area contributed by atoms with Gasteiger partial charge in [-0.05, 0) is 35.9 Å². The van der Waals surface area contributed by atoms with E-state index in [9.17, 15) is 4.79 Å². The van der Waals surface area contributed by atoms with Gasteiger partial charge in [-0.25, -0.2) is 4.79 Å². The number of hydrogen-bond acceptors (Lipinski definition) is 2. The fourth-order valence-electron chi connectivity index (χ4n) is 1.59. The summed E-state index contributed by atoms with van der Waals surface area (Å²) in [6, 6.07) is 11.9. The SMILES string of the molecule is O=C(O)c1ccc(Cl)c(NCc2ccc(Cl)cc2)c1. The summed E-state index contributed by atoms with van der Waals surface area (Å²) in [6.07, 6.45) is 0. The molecule has 0 heterocycles. The molecule has 0 amide bonds. The highest BCUT2D eigenvalue weighted by atomic mass is 35.5. The number of benzene rings is 2. The monoisotopic (exact) mass is 295 g/mol. The maximum Gasteiger partial charge on any atom is 0.335 e. The first-order valence-electron chi connectivity index (χ1n) is 5.57. The second kappa shape index (κ2) is 5.95. The summed E-state index contributed by atoms with van der Waals surface area (Å²) in [5.41, 5.74) is 1.82. The van der Waals surface area contributed by atoms with Crippen molar-refractivity contribution in [2.75, 3.05) is 5.32 Å². The Morgan fingerprint density at radius 3 is 2.42 bits per heavy atom. The Kier molecular flexibility index (Phi) is 4.30. The minimum absolute atomic E-state index is 0.197. The van der Waals surface area contributed by atoms with Crippen LogP contribution in [0.5, 0.6) is 0 Å². The molecule has 0 atom stereocenters. The number of halogens is 2. The van der Waals surface area contributed by atoms with Crippen LogP contribution in [-0.2, 0) is 6.54 Å². The number of aromatic carboxylic acids is 1. The number of carboxylic acid groups (broad SMARTS) is 1. The van der Waals surface area contributed by atoms with Gasteiger partial charge in [-0.1, -0.05) is 35.3 Å². The molecular weight excluding hydrogens is 285 g/mol. The second-order valence-electron chi connectivity index (χ2n) is 3.98. The van der Waals surface area contributed by atoms with E-state index in [0.29, 0.717) is 22.3 Å². The fourth-order valence-corrected chi connectivity index (χ4v) is 1.90. The highest BCUT2D eigenvalue weighted by Gasteiger charge is 2.07. The third-order valence-corrected chi connectivity index (χ3v) is 3.19. The Morgan fingerprint density at radius 1 is 1.11 bits per heavy atom. The summed E-state index contributed by atoms with van der Waals surface area (Å²) in [5, 5.41) is 13.2. The van der Waals surface area contributed by atoms with Crippen LogP contribution >= 0.6 is 23.2 Å². The van der Waals surface area contributed by atoms with Crippen LogP contribution in [0.4, 0.5) is 5.69 Å². The molecule has 2 aromatic rings. The van der Waals surface area contributed by atoms with E-state index in [2.05, 4.69) is 5.32 Å². The summed E-state index contributed by atoms with van der Waals surface area (Å²) < 4.78 is 0. The lowest BCUT2D eigenvalue weighted by Gasteiger charge is -2.09. The summed E-state index contributed by atoms with van der Waals surface area (Å²) >= 11 is 11.8. The van der Waals surface area contributed by atoms with E-state index in [1.54, 1.807) is 18.2 Å². The predicted octanol–water partition coefficient (Wildman–Crippen LogP) is 4.30. The van der Waals surface area contributed by atoms with E-state index < -0.39 is 5.97 Å². The zero-order chi connectivity index (χ0) is 13.8. The lowest BCUT2D eigenvalue weighted by Crippen LogP contribution is -2.02. The predicted molar refractivity (Wildman–Crippen MR) is 77.2 cm³/mol. The molecule has 0 saturated heterocycles. The zero-order valence-corrected chi connectivity index (χ0v) is 11.4. The molecule has 0 spiro atoms. The molecule has 3 nitrogen and oxygen atoms in total. The van der Waals surface area contributed by atoms with Gasteiger partial charge in [0.1, 0.15) is 0 Å². The fraction of sp³-hybridized carbons (Fsp3) is 0.0714. The Morgan fingerprint density at radius 2 is 1.79 bits per heavy atom. The number of anilines is 1. The van der Waals surface area contributed by atoms with Gasteiger partial charge in [-0.3, -0.25) is 0 Å². The molecule has 19 heavy (non-hydrogen) atoms. The van der Waals surface area contributed by atoms with Crippen LogP contribution in [0.25, 0.3) is 0 Å². The molecule has 0 saturated carbocycles. The molecular formula is C14H11Cl2NO2. The third-order valence-electron chi connectivity index (χ3n) is 2.61. The van der Waals surface area contributed by atoms with Crippen LogP contribution in [0.1, 0.15) is 15.9 Å². The first-order chi connectivity index (χ1) is 9.06. The highest BCUT2D eigenvalue weighted by Crippen LogP contribution is 2.24. The molecule has 2 N–H and O–H groups in total. The van der Waals surface area contributed by atoms with Crippen molar-refractivity contribution in [3.8, 4) is 0 Å². The Hall–Kier alpha value is -1.71. The molecule has 2 aromatic carbocycles. The summed E-state index contributed by atoms with van der Waals surface area (Å²) in [4.78, 5) is 10.9. The van der Waals surface area contributed by atoms with Crippen LogP contribution in [-0.4, -0.2) is 11.1 Å². The zero-order valence-electron chi connectivity index (χ0n) is 9.86. The van der Waals surface area contributed by atoms with Gasteiger partial charge in [0.2, 0.25) is 0 Å². The van der Waals surface area contributed by atoms with Crippen molar-refractivity contribution in [1.29, 1.82) is 0 Å². The molecule has 0 unspecified atom stereocenters. The van der Waals surface area contributed by atoms with E-state index in [1.165, 1.54) is 12.1 Å². The standard InChI is InChI=1S/C14H11Cl2NO2/c15-11-4-1-9(2-5-11)8-17-13-7-10(14(18)19)3-6-12(13)16/h1-7,17H,8H2,(H,18,19).